The van der Waals surface area contributed by atoms with Gasteiger partial charge in [-0.1, -0.05) is 13.8 Å². The number of carbonyl (C=O) groups is 1. The van der Waals surface area contributed by atoms with Gasteiger partial charge in [0.15, 0.2) is 5.82 Å². The zero-order valence-corrected chi connectivity index (χ0v) is 12.8. The standard InChI is InChI=1S/C14H19N5O2/c1-7(2)10-6-11(17-16-10)15-13(20)12-8(3)9(4)18-19(5)14(12)21/h6-7H,1-5H3,(H2,15,16,17,20). The molecule has 21 heavy (non-hydrogen) atoms. The zero-order chi connectivity index (χ0) is 15.7. The maximum atomic E-state index is 12.3. The van der Waals surface area contributed by atoms with E-state index in [4.69, 9.17) is 0 Å². The van der Waals surface area contributed by atoms with E-state index in [9.17, 15) is 9.59 Å². The van der Waals surface area contributed by atoms with Crippen LogP contribution in [0.1, 0.15) is 47.1 Å². The minimum atomic E-state index is -0.472. The van der Waals surface area contributed by atoms with Gasteiger partial charge in [0.05, 0.1) is 5.69 Å². The number of nitrogens with one attached hydrogen (secondary N) is 2. The monoisotopic (exact) mass is 289 g/mol. The number of hydrogen-bond donors (Lipinski definition) is 2. The van der Waals surface area contributed by atoms with E-state index >= 15 is 0 Å². The summed E-state index contributed by atoms with van der Waals surface area (Å²) in [6.45, 7) is 7.51. The molecular weight excluding hydrogens is 270 g/mol. The Labute approximate surface area is 122 Å². The number of aromatic amines is 1. The Balaban J connectivity index is 2.34. The molecule has 2 aromatic heterocycles. The van der Waals surface area contributed by atoms with Crippen molar-refractivity contribution in [2.24, 2.45) is 7.05 Å². The van der Waals surface area contributed by atoms with Crippen molar-refractivity contribution in [1.82, 2.24) is 20.0 Å². The Hall–Kier alpha value is -2.44. The third-order valence-corrected chi connectivity index (χ3v) is 3.41. The lowest BCUT2D eigenvalue weighted by Crippen LogP contribution is -2.31. The second-order valence-electron chi connectivity index (χ2n) is 5.33. The highest BCUT2D eigenvalue weighted by Gasteiger charge is 2.19. The van der Waals surface area contributed by atoms with Crippen LogP contribution in [-0.2, 0) is 7.05 Å². The van der Waals surface area contributed by atoms with Crippen molar-refractivity contribution in [2.45, 2.75) is 33.6 Å². The summed E-state index contributed by atoms with van der Waals surface area (Å²) in [5.74, 6) is 0.209. The fraction of sp³-hybridized carbons (Fsp3) is 0.429. The highest BCUT2D eigenvalue weighted by atomic mass is 16.2. The summed E-state index contributed by atoms with van der Waals surface area (Å²) >= 11 is 0. The van der Waals surface area contributed by atoms with Crippen LogP contribution in [0.5, 0.6) is 0 Å². The number of rotatable bonds is 3. The molecule has 2 aromatic rings. The van der Waals surface area contributed by atoms with Gasteiger partial charge in [-0.25, -0.2) is 4.68 Å². The molecule has 0 radical (unpaired) electrons. The highest BCUT2D eigenvalue weighted by Crippen LogP contribution is 2.15. The van der Waals surface area contributed by atoms with Gasteiger partial charge in [0.1, 0.15) is 5.56 Å². The van der Waals surface area contributed by atoms with Crippen LogP contribution in [0.15, 0.2) is 10.9 Å². The number of aromatic nitrogens is 4. The number of anilines is 1. The first-order valence-electron chi connectivity index (χ1n) is 6.72. The molecule has 0 aliphatic rings. The SMILES string of the molecule is Cc1nn(C)c(=O)c(C(=O)Nc2cc(C(C)C)[nH]n2)c1C. The molecule has 0 aliphatic heterocycles. The Kier molecular flexibility index (Phi) is 3.93. The molecule has 0 atom stereocenters. The largest absolute Gasteiger partial charge is 0.305 e. The number of carbonyl (C=O) groups excluding carboxylic acids is 1. The molecule has 0 unspecified atom stereocenters. The van der Waals surface area contributed by atoms with Gasteiger partial charge in [-0.2, -0.15) is 10.2 Å². The summed E-state index contributed by atoms with van der Waals surface area (Å²) in [5.41, 5.74) is 1.82. The Morgan fingerprint density at radius 2 is 2.05 bits per heavy atom. The summed E-state index contributed by atoms with van der Waals surface area (Å²) < 4.78 is 1.17. The molecule has 7 heteroatoms. The van der Waals surface area contributed by atoms with Crippen molar-refractivity contribution in [3.05, 3.63) is 38.9 Å². The molecule has 0 saturated heterocycles. The first-order chi connectivity index (χ1) is 9.81. The summed E-state index contributed by atoms with van der Waals surface area (Å²) in [6, 6.07) is 1.76. The first-order valence-corrected chi connectivity index (χ1v) is 6.72. The maximum Gasteiger partial charge on any atom is 0.279 e. The van der Waals surface area contributed by atoms with Crippen molar-refractivity contribution < 1.29 is 4.79 Å². The van der Waals surface area contributed by atoms with Gasteiger partial charge < -0.3 is 5.32 Å². The molecule has 0 aliphatic carbocycles. The first kappa shape index (κ1) is 15.0. The summed E-state index contributed by atoms with van der Waals surface area (Å²) in [7, 11) is 1.52. The predicted molar refractivity (Wildman–Crippen MR) is 79.6 cm³/mol. The molecule has 7 nitrogen and oxygen atoms in total. The summed E-state index contributed by atoms with van der Waals surface area (Å²) in [6.07, 6.45) is 0. The molecule has 0 fully saturated rings. The lowest BCUT2D eigenvalue weighted by atomic mass is 10.1. The van der Waals surface area contributed by atoms with Crippen molar-refractivity contribution in [2.75, 3.05) is 5.32 Å². The van der Waals surface area contributed by atoms with Crippen LogP contribution in [0.4, 0.5) is 5.82 Å². The normalized spacial score (nSPS) is 11.0. The van der Waals surface area contributed by atoms with Crippen LogP contribution in [0.25, 0.3) is 0 Å². The van der Waals surface area contributed by atoms with E-state index in [1.165, 1.54) is 11.7 Å². The van der Waals surface area contributed by atoms with Crippen LogP contribution < -0.4 is 10.9 Å². The maximum absolute atomic E-state index is 12.3. The van der Waals surface area contributed by atoms with Gasteiger partial charge >= 0.3 is 0 Å². The van der Waals surface area contributed by atoms with E-state index in [0.717, 1.165) is 5.69 Å². The van der Waals surface area contributed by atoms with E-state index in [2.05, 4.69) is 20.6 Å². The molecule has 1 amide bonds. The molecular formula is C14H19N5O2. The fourth-order valence-electron chi connectivity index (χ4n) is 1.99. The Morgan fingerprint density at radius 1 is 1.38 bits per heavy atom. The van der Waals surface area contributed by atoms with Gasteiger partial charge in [-0.05, 0) is 25.3 Å². The van der Waals surface area contributed by atoms with Crippen LogP contribution in [0, 0.1) is 13.8 Å². The van der Waals surface area contributed by atoms with Crippen LogP contribution >= 0.6 is 0 Å². The lowest BCUT2D eigenvalue weighted by molar-refractivity contribution is 0.102. The van der Waals surface area contributed by atoms with E-state index in [1.807, 2.05) is 13.8 Å². The van der Waals surface area contributed by atoms with Crippen LogP contribution in [0.2, 0.25) is 0 Å². The van der Waals surface area contributed by atoms with E-state index in [0.29, 0.717) is 17.1 Å². The quantitative estimate of drug-likeness (QED) is 0.895. The molecule has 0 saturated carbocycles. The van der Waals surface area contributed by atoms with Crippen molar-refractivity contribution >= 4 is 11.7 Å². The van der Waals surface area contributed by atoms with Crippen molar-refractivity contribution in [1.29, 1.82) is 0 Å². The number of hydrogen-bond acceptors (Lipinski definition) is 4. The van der Waals surface area contributed by atoms with Crippen molar-refractivity contribution in [3.63, 3.8) is 0 Å². The number of aryl methyl sites for hydroxylation is 2. The van der Waals surface area contributed by atoms with E-state index < -0.39 is 11.5 Å². The van der Waals surface area contributed by atoms with Gasteiger partial charge in [0, 0.05) is 18.8 Å². The highest BCUT2D eigenvalue weighted by molar-refractivity contribution is 6.04. The lowest BCUT2D eigenvalue weighted by Gasteiger charge is -2.09. The minimum Gasteiger partial charge on any atom is -0.305 e. The average Bonchev–Trinajstić information content (AvgIpc) is 2.85. The third-order valence-electron chi connectivity index (χ3n) is 3.41. The fourth-order valence-corrected chi connectivity index (χ4v) is 1.99. The second-order valence-corrected chi connectivity index (χ2v) is 5.33. The molecule has 2 N–H and O–H groups in total. The average molecular weight is 289 g/mol. The van der Waals surface area contributed by atoms with Gasteiger partial charge in [0.2, 0.25) is 0 Å². The molecule has 2 heterocycles. The van der Waals surface area contributed by atoms with E-state index in [1.54, 1.807) is 19.9 Å². The van der Waals surface area contributed by atoms with Crippen LogP contribution in [-0.4, -0.2) is 25.9 Å². The molecule has 0 bridgehead atoms. The Bertz CT molecular complexity index is 742. The molecule has 112 valence electrons. The third kappa shape index (κ3) is 2.86. The van der Waals surface area contributed by atoms with Crippen LogP contribution in [0.3, 0.4) is 0 Å². The summed E-state index contributed by atoms with van der Waals surface area (Å²) in [4.78, 5) is 24.4. The Morgan fingerprint density at radius 3 is 2.62 bits per heavy atom. The molecule has 0 spiro atoms. The number of amides is 1. The van der Waals surface area contributed by atoms with Crippen molar-refractivity contribution in [3.8, 4) is 0 Å². The predicted octanol–water partition coefficient (Wildman–Crippen LogP) is 1.50. The topological polar surface area (TPSA) is 92.7 Å². The number of nitrogens with zero attached hydrogens (tertiary/aromatic N) is 3. The molecule has 0 aromatic carbocycles. The van der Waals surface area contributed by atoms with E-state index in [-0.39, 0.29) is 11.5 Å². The zero-order valence-electron chi connectivity index (χ0n) is 12.8. The smallest absolute Gasteiger partial charge is 0.279 e. The minimum absolute atomic E-state index is 0.0964. The van der Waals surface area contributed by atoms with Gasteiger partial charge in [0.25, 0.3) is 11.5 Å². The summed E-state index contributed by atoms with van der Waals surface area (Å²) in [5, 5.41) is 13.6. The second kappa shape index (κ2) is 5.51. The van der Waals surface area contributed by atoms with Gasteiger partial charge in [-0.15, -0.1) is 0 Å². The van der Waals surface area contributed by atoms with Gasteiger partial charge in [-0.3, -0.25) is 14.7 Å². The molecule has 2 rings (SSSR count). The number of H-pyrrole nitrogens is 1.